The van der Waals surface area contributed by atoms with Crippen LogP contribution in [0.2, 0.25) is 0 Å². The number of benzene rings is 3. The Hall–Kier alpha value is -4.10. The van der Waals surface area contributed by atoms with E-state index < -0.39 is 0 Å². The van der Waals surface area contributed by atoms with Crippen LogP contribution in [-0.2, 0) is 11.3 Å². The number of thioether (sulfide) groups is 1. The minimum atomic E-state index is -0.103. The second-order valence-electron chi connectivity index (χ2n) is 8.02. The molecule has 0 fully saturated rings. The van der Waals surface area contributed by atoms with E-state index in [9.17, 15) is 4.79 Å². The number of rotatable bonds is 8. The second kappa shape index (κ2) is 10.4. The lowest BCUT2D eigenvalue weighted by atomic mass is 10.0. The van der Waals surface area contributed by atoms with Crippen molar-refractivity contribution in [2.75, 3.05) is 11.1 Å². The molecule has 0 unspecified atom stereocenters. The van der Waals surface area contributed by atoms with E-state index >= 15 is 0 Å². The summed E-state index contributed by atoms with van der Waals surface area (Å²) in [4.78, 5) is 12.9. The molecule has 1 amide bonds. The first-order valence-corrected chi connectivity index (χ1v) is 12.3. The summed E-state index contributed by atoms with van der Waals surface area (Å²) in [6, 6.07) is 29.9. The highest BCUT2D eigenvalue weighted by atomic mass is 32.2. The summed E-state index contributed by atoms with van der Waals surface area (Å²) >= 11 is 1.37. The van der Waals surface area contributed by atoms with E-state index in [0.717, 1.165) is 39.5 Å². The van der Waals surface area contributed by atoms with Gasteiger partial charge in [-0.15, -0.1) is 10.2 Å². The molecule has 35 heavy (non-hydrogen) atoms. The van der Waals surface area contributed by atoms with Crippen molar-refractivity contribution in [2.45, 2.75) is 18.6 Å². The summed E-state index contributed by atoms with van der Waals surface area (Å²) in [5.41, 5.74) is 4.83. The average Bonchev–Trinajstić information content (AvgIpc) is 3.49. The van der Waals surface area contributed by atoms with Gasteiger partial charge in [-0.3, -0.25) is 9.36 Å². The molecule has 0 saturated heterocycles. The van der Waals surface area contributed by atoms with Crippen molar-refractivity contribution in [3.05, 3.63) is 109 Å². The summed E-state index contributed by atoms with van der Waals surface area (Å²) in [6.45, 7) is 2.50. The minimum Gasteiger partial charge on any atom is -0.469 e. The SMILES string of the molecule is Cc1occc1-c1nnc(SCC(=O)Nc2ccccc2-c2ccccc2)n1Cc1ccccc1. The van der Waals surface area contributed by atoms with Crippen LogP contribution in [0.25, 0.3) is 22.5 Å². The summed E-state index contributed by atoms with van der Waals surface area (Å²) in [7, 11) is 0. The molecule has 0 saturated carbocycles. The first-order chi connectivity index (χ1) is 17.2. The van der Waals surface area contributed by atoms with E-state index in [1.54, 1.807) is 6.26 Å². The molecule has 5 aromatic rings. The fraction of sp³-hybridized carbons (Fsp3) is 0.107. The fourth-order valence-electron chi connectivity index (χ4n) is 3.90. The highest BCUT2D eigenvalue weighted by Gasteiger charge is 2.19. The summed E-state index contributed by atoms with van der Waals surface area (Å²) < 4.78 is 7.52. The van der Waals surface area contributed by atoms with Crippen molar-refractivity contribution >= 4 is 23.4 Å². The van der Waals surface area contributed by atoms with Gasteiger partial charge in [0.25, 0.3) is 0 Å². The summed E-state index contributed by atoms with van der Waals surface area (Å²) in [6.07, 6.45) is 1.65. The van der Waals surface area contributed by atoms with Gasteiger partial charge in [-0.1, -0.05) is 90.6 Å². The van der Waals surface area contributed by atoms with Crippen LogP contribution in [0.5, 0.6) is 0 Å². The third-order valence-corrected chi connectivity index (χ3v) is 6.59. The summed E-state index contributed by atoms with van der Waals surface area (Å²) in [5.74, 6) is 1.60. The molecule has 0 spiro atoms. The van der Waals surface area contributed by atoms with Crippen molar-refractivity contribution in [3.63, 3.8) is 0 Å². The molecule has 2 aromatic heterocycles. The number of para-hydroxylation sites is 1. The maximum Gasteiger partial charge on any atom is 0.234 e. The van der Waals surface area contributed by atoms with Gasteiger partial charge < -0.3 is 9.73 Å². The Morgan fingerprint density at radius 1 is 0.886 bits per heavy atom. The van der Waals surface area contributed by atoms with Crippen molar-refractivity contribution < 1.29 is 9.21 Å². The van der Waals surface area contributed by atoms with Gasteiger partial charge in [0.1, 0.15) is 5.76 Å². The monoisotopic (exact) mass is 480 g/mol. The summed E-state index contributed by atoms with van der Waals surface area (Å²) in [5, 5.41) is 12.6. The number of nitrogens with zero attached hydrogens (tertiary/aromatic N) is 3. The second-order valence-corrected chi connectivity index (χ2v) is 8.96. The van der Waals surface area contributed by atoms with Gasteiger partial charge in [0, 0.05) is 11.3 Å². The smallest absolute Gasteiger partial charge is 0.234 e. The van der Waals surface area contributed by atoms with Gasteiger partial charge in [0.05, 0.1) is 24.1 Å². The van der Waals surface area contributed by atoms with Gasteiger partial charge in [-0.2, -0.15) is 0 Å². The van der Waals surface area contributed by atoms with Gasteiger partial charge in [0.15, 0.2) is 11.0 Å². The zero-order valence-electron chi connectivity index (χ0n) is 19.2. The number of carbonyl (C=O) groups is 1. The molecular weight excluding hydrogens is 456 g/mol. The Kier molecular flexibility index (Phi) is 6.77. The van der Waals surface area contributed by atoms with Gasteiger partial charge in [-0.05, 0) is 30.2 Å². The molecule has 2 heterocycles. The van der Waals surface area contributed by atoms with E-state index in [1.165, 1.54) is 11.8 Å². The Bertz CT molecular complexity index is 1430. The predicted molar refractivity (Wildman–Crippen MR) is 139 cm³/mol. The molecule has 5 rings (SSSR count). The van der Waals surface area contributed by atoms with Crippen LogP contribution in [-0.4, -0.2) is 26.4 Å². The molecule has 174 valence electrons. The van der Waals surface area contributed by atoms with Crippen LogP contribution >= 0.6 is 11.8 Å². The molecule has 0 radical (unpaired) electrons. The van der Waals surface area contributed by atoms with Crippen molar-refractivity contribution in [1.82, 2.24) is 14.8 Å². The highest BCUT2D eigenvalue weighted by molar-refractivity contribution is 7.99. The number of nitrogens with one attached hydrogen (secondary N) is 1. The fourth-order valence-corrected chi connectivity index (χ4v) is 4.64. The zero-order valence-corrected chi connectivity index (χ0v) is 20.0. The number of hydrogen-bond donors (Lipinski definition) is 1. The Balaban J connectivity index is 1.35. The first-order valence-electron chi connectivity index (χ1n) is 11.3. The number of hydrogen-bond acceptors (Lipinski definition) is 5. The predicted octanol–water partition coefficient (Wildman–Crippen LogP) is 6.29. The Labute approximate surface area is 208 Å². The maximum absolute atomic E-state index is 12.9. The third kappa shape index (κ3) is 5.20. The molecule has 0 aliphatic carbocycles. The minimum absolute atomic E-state index is 0.103. The number of carbonyl (C=O) groups excluding carboxylic acids is 1. The van der Waals surface area contributed by atoms with E-state index in [-0.39, 0.29) is 11.7 Å². The van der Waals surface area contributed by atoms with Crippen LogP contribution < -0.4 is 5.32 Å². The topological polar surface area (TPSA) is 72.9 Å². The number of furan rings is 1. The van der Waals surface area contributed by atoms with Crippen molar-refractivity contribution in [2.24, 2.45) is 0 Å². The average molecular weight is 481 g/mol. The van der Waals surface area contributed by atoms with Crippen molar-refractivity contribution in [1.29, 1.82) is 0 Å². The number of aryl methyl sites for hydroxylation is 1. The largest absolute Gasteiger partial charge is 0.469 e. The standard InChI is InChI=1S/C28H24N4O2S/c1-20-23(16-17-34-20)27-30-31-28(32(27)18-21-10-4-2-5-11-21)35-19-26(33)29-25-15-9-8-14-24(25)22-12-6-3-7-13-22/h2-17H,18-19H2,1H3,(H,29,33). The molecule has 0 atom stereocenters. The lowest BCUT2D eigenvalue weighted by molar-refractivity contribution is -0.113. The Morgan fingerprint density at radius 2 is 1.60 bits per heavy atom. The van der Waals surface area contributed by atoms with E-state index in [2.05, 4.69) is 27.6 Å². The lowest BCUT2D eigenvalue weighted by Crippen LogP contribution is -2.15. The van der Waals surface area contributed by atoms with Crippen LogP contribution in [0.15, 0.2) is 107 Å². The normalized spacial score (nSPS) is 10.9. The molecule has 1 N–H and O–H groups in total. The molecule has 0 aliphatic heterocycles. The van der Waals surface area contributed by atoms with Crippen LogP contribution in [0.1, 0.15) is 11.3 Å². The van der Waals surface area contributed by atoms with Gasteiger partial charge in [-0.25, -0.2) is 0 Å². The molecule has 7 heteroatoms. The molecule has 6 nitrogen and oxygen atoms in total. The Morgan fingerprint density at radius 3 is 2.34 bits per heavy atom. The van der Waals surface area contributed by atoms with E-state index in [0.29, 0.717) is 11.7 Å². The van der Waals surface area contributed by atoms with E-state index in [1.807, 2.05) is 90.4 Å². The maximum atomic E-state index is 12.9. The molecule has 0 aliphatic rings. The molecule has 0 bridgehead atoms. The quantitative estimate of drug-likeness (QED) is 0.264. The van der Waals surface area contributed by atoms with Crippen molar-refractivity contribution in [3.8, 4) is 22.5 Å². The number of anilines is 1. The molecule has 3 aromatic carbocycles. The van der Waals surface area contributed by atoms with Gasteiger partial charge in [0.2, 0.25) is 5.91 Å². The highest BCUT2D eigenvalue weighted by Crippen LogP contribution is 2.30. The first kappa shape index (κ1) is 22.7. The van der Waals surface area contributed by atoms with Crippen LogP contribution in [0.3, 0.4) is 0 Å². The van der Waals surface area contributed by atoms with Gasteiger partial charge >= 0.3 is 0 Å². The van der Waals surface area contributed by atoms with Crippen LogP contribution in [0, 0.1) is 6.92 Å². The zero-order chi connectivity index (χ0) is 24.0. The third-order valence-electron chi connectivity index (χ3n) is 5.62. The van der Waals surface area contributed by atoms with Crippen LogP contribution in [0.4, 0.5) is 5.69 Å². The lowest BCUT2D eigenvalue weighted by Gasteiger charge is -2.12. The van der Waals surface area contributed by atoms with E-state index in [4.69, 9.17) is 4.42 Å². The number of aromatic nitrogens is 3. The number of amides is 1. The molecular formula is C28H24N4O2S.